The van der Waals surface area contributed by atoms with Gasteiger partial charge >= 0.3 is 0 Å². The molecule has 2 aromatic rings. The number of hydrogen-bond donors (Lipinski definition) is 2. The van der Waals surface area contributed by atoms with Crippen LogP contribution >= 0.6 is 12.4 Å². The van der Waals surface area contributed by atoms with Gasteiger partial charge in [-0.05, 0) is 56.9 Å². The van der Waals surface area contributed by atoms with E-state index in [-0.39, 0.29) is 12.4 Å². The number of halogens is 1. The van der Waals surface area contributed by atoms with E-state index in [1.165, 1.54) is 33.6 Å². The Kier molecular flexibility index (Phi) is 6.76. The Morgan fingerprint density at radius 3 is 1.64 bits per heavy atom. The second kappa shape index (κ2) is 8.09. The molecule has 0 aliphatic carbocycles. The zero-order chi connectivity index (χ0) is 15.4. The molecule has 0 amide bonds. The van der Waals surface area contributed by atoms with Crippen LogP contribution in [0.3, 0.4) is 0 Å². The molecule has 1 atom stereocenters. The molecule has 0 heterocycles. The Morgan fingerprint density at radius 2 is 1.18 bits per heavy atom. The van der Waals surface area contributed by atoms with Crippen LogP contribution in [-0.2, 0) is 0 Å². The van der Waals surface area contributed by atoms with Crippen molar-refractivity contribution < 1.29 is 0 Å². The van der Waals surface area contributed by atoms with Crippen LogP contribution in [0, 0.1) is 27.7 Å². The van der Waals surface area contributed by atoms with Crippen molar-refractivity contribution in [3.63, 3.8) is 0 Å². The molecule has 2 aromatic carbocycles. The van der Waals surface area contributed by atoms with E-state index in [4.69, 9.17) is 0 Å². The normalized spacial score (nSPS) is 11.5. The summed E-state index contributed by atoms with van der Waals surface area (Å²) in [6.45, 7) is 11.7. The fourth-order valence-electron chi connectivity index (χ4n) is 2.69. The summed E-state index contributed by atoms with van der Waals surface area (Å²) in [5, 5.41) is 7.20. The number of anilines is 2. The summed E-state index contributed by atoms with van der Waals surface area (Å²) in [5.74, 6) is 0. The van der Waals surface area contributed by atoms with Crippen molar-refractivity contribution in [3.05, 3.63) is 58.7 Å². The Bertz CT molecular complexity index is 582. The first-order valence-electron chi connectivity index (χ1n) is 7.62. The molecule has 0 saturated carbocycles. The minimum atomic E-state index is 0. The monoisotopic (exact) mass is 318 g/mol. The van der Waals surface area contributed by atoms with Crippen LogP contribution < -0.4 is 10.6 Å². The average Bonchev–Trinajstić information content (AvgIpc) is 2.42. The van der Waals surface area contributed by atoms with Gasteiger partial charge in [-0.3, -0.25) is 0 Å². The molecule has 3 heteroatoms. The van der Waals surface area contributed by atoms with Gasteiger partial charge in [0.2, 0.25) is 0 Å². The van der Waals surface area contributed by atoms with Crippen molar-refractivity contribution in [3.8, 4) is 0 Å². The molecule has 2 nitrogen and oxygen atoms in total. The SMILES string of the molecule is Cc1cccc(C)c1NCC(C)Nc1c(C)cccc1C.Cl. The Balaban J connectivity index is 0.00000242. The molecular weight excluding hydrogens is 292 g/mol. The van der Waals surface area contributed by atoms with E-state index in [9.17, 15) is 0 Å². The van der Waals surface area contributed by atoms with Crippen LogP contribution in [0.1, 0.15) is 29.2 Å². The number of rotatable bonds is 5. The van der Waals surface area contributed by atoms with Crippen LogP contribution in [0.25, 0.3) is 0 Å². The number of hydrogen-bond acceptors (Lipinski definition) is 2. The third kappa shape index (κ3) is 4.41. The molecule has 0 aromatic heterocycles. The molecule has 2 N–H and O–H groups in total. The third-order valence-electron chi connectivity index (χ3n) is 3.94. The Morgan fingerprint density at radius 1 is 0.773 bits per heavy atom. The highest BCUT2D eigenvalue weighted by Crippen LogP contribution is 2.22. The summed E-state index contributed by atoms with van der Waals surface area (Å²) in [4.78, 5) is 0. The lowest BCUT2D eigenvalue weighted by Gasteiger charge is -2.21. The van der Waals surface area contributed by atoms with E-state index in [2.05, 4.69) is 81.7 Å². The van der Waals surface area contributed by atoms with Gasteiger partial charge in [0.1, 0.15) is 0 Å². The van der Waals surface area contributed by atoms with E-state index >= 15 is 0 Å². The molecule has 0 fully saturated rings. The Hall–Kier alpha value is -1.67. The molecular formula is C19H27ClN2. The van der Waals surface area contributed by atoms with Crippen molar-refractivity contribution in [2.24, 2.45) is 0 Å². The topological polar surface area (TPSA) is 24.1 Å². The molecule has 2 rings (SSSR count). The van der Waals surface area contributed by atoms with Gasteiger partial charge in [-0.1, -0.05) is 36.4 Å². The predicted octanol–water partition coefficient (Wildman–Crippen LogP) is 5.25. The van der Waals surface area contributed by atoms with Gasteiger partial charge < -0.3 is 10.6 Å². The van der Waals surface area contributed by atoms with Crippen LogP contribution in [0.2, 0.25) is 0 Å². The number of benzene rings is 2. The van der Waals surface area contributed by atoms with Crippen molar-refractivity contribution >= 4 is 23.8 Å². The van der Waals surface area contributed by atoms with Gasteiger partial charge in [0.25, 0.3) is 0 Å². The minimum absolute atomic E-state index is 0. The van der Waals surface area contributed by atoms with E-state index in [0.29, 0.717) is 6.04 Å². The Labute approximate surface area is 140 Å². The zero-order valence-electron chi connectivity index (χ0n) is 14.2. The standard InChI is InChI=1S/C19H26N2.ClH/c1-13-8-6-9-14(2)18(13)20-12-17(5)21-19-15(3)10-7-11-16(19)4;/h6-11,17,20-21H,12H2,1-5H3;1H. The second-order valence-electron chi connectivity index (χ2n) is 5.96. The first-order valence-corrected chi connectivity index (χ1v) is 7.62. The lowest BCUT2D eigenvalue weighted by molar-refractivity contribution is 0.831. The highest BCUT2D eigenvalue weighted by molar-refractivity contribution is 5.85. The molecule has 120 valence electrons. The molecule has 0 bridgehead atoms. The van der Waals surface area contributed by atoms with Gasteiger partial charge in [0, 0.05) is 24.0 Å². The van der Waals surface area contributed by atoms with E-state index in [1.54, 1.807) is 0 Å². The number of nitrogens with one attached hydrogen (secondary N) is 2. The van der Waals surface area contributed by atoms with Crippen LogP contribution in [0.4, 0.5) is 11.4 Å². The largest absolute Gasteiger partial charge is 0.383 e. The first-order chi connectivity index (χ1) is 9.99. The lowest BCUT2D eigenvalue weighted by Crippen LogP contribution is -2.26. The van der Waals surface area contributed by atoms with Crippen molar-refractivity contribution in [2.45, 2.75) is 40.7 Å². The summed E-state index contributed by atoms with van der Waals surface area (Å²) in [7, 11) is 0. The van der Waals surface area contributed by atoms with Gasteiger partial charge in [0.15, 0.2) is 0 Å². The fourth-order valence-corrected chi connectivity index (χ4v) is 2.69. The molecule has 22 heavy (non-hydrogen) atoms. The summed E-state index contributed by atoms with van der Waals surface area (Å²) in [5.41, 5.74) is 7.72. The summed E-state index contributed by atoms with van der Waals surface area (Å²) < 4.78 is 0. The number of aryl methyl sites for hydroxylation is 4. The fraction of sp³-hybridized carbons (Fsp3) is 0.368. The zero-order valence-corrected chi connectivity index (χ0v) is 15.0. The summed E-state index contributed by atoms with van der Waals surface area (Å²) in [6, 6.07) is 13.2. The molecule has 0 spiro atoms. The van der Waals surface area contributed by atoms with Crippen molar-refractivity contribution in [1.82, 2.24) is 0 Å². The summed E-state index contributed by atoms with van der Waals surface area (Å²) in [6.07, 6.45) is 0. The molecule has 0 saturated heterocycles. The molecule has 0 radical (unpaired) electrons. The van der Waals surface area contributed by atoms with Crippen molar-refractivity contribution in [2.75, 3.05) is 17.2 Å². The second-order valence-corrected chi connectivity index (χ2v) is 5.96. The highest BCUT2D eigenvalue weighted by Gasteiger charge is 2.08. The maximum Gasteiger partial charge on any atom is 0.0406 e. The lowest BCUT2D eigenvalue weighted by atomic mass is 10.1. The summed E-state index contributed by atoms with van der Waals surface area (Å²) >= 11 is 0. The average molecular weight is 319 g/mol. The maximum atomic E-state index is 3.63. The predicted molar refractivity (Wildman–Crippen MR) is 101 cm³/mol. The first kappa shape index (κ1) is 18.4. The van der Waals surface area contributed by atoms with E-state index in [1.807, 2.05) is 0 Å². The molecule has 0 aliphatic heterocycles. The van der Waals surface area contributed by atoms with Gasteiger partial charge in [-0.2, -0.15) is 0 Å². The van der Waals surface area contributed by atoms with Crippen LogP contribution in [0.5, 0.6) is 0 Å². The van der Waals surface area contributed by atoms with Crippen LogP contribution in [-0.4, -0.2) is 12.6 Å². The van der Waals surface area contributed by atoms with E-state index < -0.39 is 0 Å². The van der Waals surface area contributed by atoms with E-state index in [0.717, 1.165) is 6.54 Å². The van der Waals surface area contributed by atoms with Gasteiger partial charge in [0.05, 0.1) is 0 Å². The van der Waals surface area contributed by atoms with Crippen LogP contribution in [0.15, 0.2) is 36.4 Å². The van der Waals surface area contributed by atoms with Gasteiger partial charge in [-0.15, -0.1) is 12.4 Å². The third-order valence-corrected chi connectivity index (χ3v) is 3.94. The van der Waals surface area contributed by atoms with Gasteiger partial charge in [-0.25, -0.2) is 0 Å². The number of para-hydroxylation sites is 2. The minimum Gasteiger partial charge on any atom is -0.383 e. The molecule has 0 aliphatic rings. The maximum absolute atomic E-state index is 3.63. The molecule has 1 unspecified atom stereocenters. The van der Waals surface area contributed by atoms with Crippen molar-refractivity contribution in [1.29, 1.82) is 0 Å². The quantitative estimate of drug-likeness (QED) is 0.786. The smallest absolute Gasteiger partial charge is 0.0406 e. The highest BCUT2D eigenvalue weighted by atomic mass is 35.5.